The molecule has 0 bridgehead atoms. The fourth-order valence-corrected chi connectivity index (χ4v) is 4.39. The maximum atomic E-state index is 12.3. The molecule has 1 aliphatic rings. The van der Waals surface area contributed by atoms with Crippen LogP contribution < -0.4 is 5.32 Å². The Morgan fingerprint density at radius 2 is 1.82 bits per heavy atom. The Hall–Kier alpha value is -1.83. The van der Waals surface area contributed by atoms with Gasteiger partial charge in [-0.25, -0.2) is 4.98 Å². The second-order valence-electron chi connectivity index (χ2n) is 8.08. The number of carbonyl (C=O) groups is 1. The molecule has 0 unspecified atom stereocenters. The lowest BCUT2D eigenvalue weighted by molar-refractivity contribution is 0.101. The molecule has 2 aromatic heterocycles. The van der Waals surface area contributed by atoms with Gasteiger partial charge in [0.25, 0.3) is 0 Å². The molecule has 0 atom stereocenters. The molecule has 0 radical (unpaired) electrons. The predicted molar refractivity (Wildman–Crippen MR) is 140 cm³/mol. The summed E-state index contributed by atoms with van der Waals surface area (Å²) in [7, 11) is 2.14. The van der Waals surface area contributed by atoms with E-state index in [0.29, 0.717) is 39.5 Å². The van der Waals surface area contributed by atoms with Crippen molar-refractivity contribution in [3.63, 3.8) is 0 Å². The van der Waals surface area contributed by atoms with Crippen molar-refractivity contribution in [2.45, 2.75) is 19.8 Å². The van der Waals surface area contributed by atoms with Gasteiger partial charge in [-0.05, 0) is 70.1 Å². The highest BCUT2D eigenvalue weighted by Gasteiger charge is 2.20. The van der Waals surface area contributed by atoms with Crippen molar-refractivity contribution in [1.82, 2.24) is 14.9 Å². The van der Waals surface area contributed by atoms with Crippen molar-refractivity contribution in [3.8, 4) is 17.0 Å². The van der Waals surface area contributed by atoms with Crippen LogP contribution in [0.4, 0.5) is 5.69 Å². The van der Waals surface area contributed by atoms with E-state index in [-0.39, 0.29) is 46.4 Å². The molecular formula is C23H26Cl4N4O2. The second kappa shape index (κ2) is 11.5. The largest absolute Gasteiger partial charge is 0.505 e. The number of fused-ring (bicyclic) bond motifs is 1. The molecule has 33 heavy (non-hydrogen) atoms. The van der Waals surface area contributed by atoms with Gasteiger partial charge in [-0.1, -0.05) is 23.2 Å². The Morgan fingerprint density at radius 1 is 1.18 bits per heavy atom. The summed E-state index contributed by atoms with van der Waals surface area (Å²) < 4.78 is 0. The van der Waals surface area contributed by atoms with E-state index in [1.807, 2.05) is 12.1 Å². The summed E-state index contributed by atoms with van der Waals surface area (Å²) in [5.41, 5.74) is 3.83. The van der Waals surface area contributed by atoms with Gasteiger partial charge < -0.3 is 15.3 Å². The smallest absolute Gasteiger partial charge is 0.163 e. The maximum absolute atomic E-state index is 12.3. The third kappa shape index (κ3) is 6.00. The van der Waals surface area contributed by atoms with Crippen LogP contribution in [0, 0.1) is 5.92 Å². The molecule has 1 fully saturated rings. The van der Waals surface area contributed by atoms with Crippen LogP contribution >= 0.6 is 48.0 Å². The van der Waals surface area contributed by atoms with Crippen LogP contribution in [-0.4, -0.2) is 52.4 Å². The molecule has 3 heterocycles. The van der Waals surface area contributed by atoms with Crippen molar-refractivity contribution in [2.75, 3.05) is 32.0 Å². The van der Waals surface area contributed by atoms with Crippen LogP contribution in [0.5, 0.6) is 5.75 Å². The first-order chi connectivity index (χ1) is 14.8. The van der Waals surface area contributed by atoms with Crippen molar-refractivity contribution in [3.05, 3.63) is 46.1 Å². The lowest BCUT2D eigenvalue weighted by Crippen LogP contribution is -2.33. The molecule has 0 amide bonds. The van der Waals surface area contributed by atoms with Crippen molar-refractivity contribution >= 4 is 70.5 Å². The van der Waals surface area contributed by atoms with Crippen LogP contribution in [0.1, 0.15) is 30.1 Å². The minimum absolute atomic E-state index is 0. The van der Waals surface area contributed by atoms with Gasteiger partial charge in [0.2, 0.25) is 0 Å². The molecule has 0 saturated carbocycles. The van der Waals surface area contributed by atoms with E-state index in [0.717, 1.165) is 32.5 Å². The van der Waals surface area contributed by atoms with Crippen LogP contribution in [-0.2, 0) is 0 Å². The summed E-state index contributed by atoms with van der Waals surface area (Å²) in [6.07, 6.45) is 3.84. The van der Waals surface area contributed by atoms with E-state index in [1.54, 1.807) is 18.3 Å². The number of nitrogens with one attached hydrogen (secondary N) is 1. The van der Waals surface area contributed by atoms with Crippen LogP contribution in [0.15, 0.2) is 30.5 Å². The minimum atomic E-state index is -0.158. The quantitative estimate of drug-likeness (QED) is 0.387. The van der Waals surface area contributed by atoms with Gasteiger partial charge in [0.05, 0.1) is 32.5 Å². The molecule has 178 valence electrons. The summed E-state index contributed by atoms with van der Waals surface area (Å²) in [5.74, 6) is 0.314. The second-order valence-corrected chi connectivity index (χ2v) is 8.90. The Labute approximate surface area is 215 Å². The Balaban J connectivity index is 0.00000193. The summed E-state index contributed by atoms with van der Waals surface area (Å²) in [4.78, 5) is 23.9. The third-order valence-electron chi connectivity index (χ3n) is 5.81. The van der Waals surface area contributed by atoms with E-state index in [2.05, 4.69) is 22.2 Å². The van der Waals surface area contributed by atoms with Gasteiger partial charge in [-0.3, -0.25) is 9.78 Å². The number of benzene rings is 1. The van der Waals surface area contributed by atoms with E-state index >= 15 is 0 Å². The van der Waals surface area contributed by atoms with Gasteiger partial charge in [0, 0.05) is 18.3 Å². The van der Waals surface area contributed by atoms with E-state index in [1.165, 1.54) is 6.92 Å². The normalized spacial score (nSPS) is 14.4. The number of likely N-dealkylation sites (tertiary alicyclic amines) is 1. The van der Waals surface area contributed by atoms with Gasteiger partial charge in [0.1, 0.15) is 5.52 Å². The standard InChI is InChI=1S/C23H24Cl2N4O2.2ClH/c1-13(30)16-12-26-20-4-3-19(15-9-17(24)23(31)18(25)10-15)28-22(20)21(16)27-11-14-5-7-29(2)8-6-14;;/h3-4,9-10,12,14,31H,5-8,11H2,1-2H3,(H,26,27);2*1H. The van der Waals surface area contributed by atoms with Crippen molar-refractivity contribution in [2.24, 2.45) is 5.92 Å². The number of phenols is 1. The van der Waals surface area contributed by atoms with Gasteiger partial charge in [-0.2, -0.15) is 0 Å². The number of hydrogen-bond acceptors (Lipinski definition) is 6. The highest BCUT2D eigenvalue weighted by Crippen LogP contribution is 2.37. The number of anilines is 1. The van der Waals surface area contributed by atoms with Crippen molar-refractivity contribution < 1.29 is 9.90 Å². The molecule has 6 nitrogen and oxygen atoms in total. The number of pyridine rings is 2. The number of aromatic hydroxyl groups is 1. The van der Waals surface area contributed by atoms with Crippen molar-refractivity contribution in [1.29, 1.82) is 0 Å². The van der Waals surface area contributed by atoms with Crippen LogP contribution in [0.3, 0.4) is 0 Å². The summed E-state index contributed by atoms with van der Waals surface area (Å²) in [5, 5.41) is 13.7. The number of rotatable bonds is 5. The number of nitrogens with zero attached hydrogens (tertiary/aromatic N) is 3. The molecule has 1 saturated heterocycles. The zero-order valence-electron chi connectivity index (χ0n) is 18.3. The Kier molecular flexibility index (Phi) is 9.58. The number of hydrogen-bond donors (Lipinski definition) is 2. The molecule has 3 aromatic rings. The van der Waals surface area contributed by atoms with Gasteiger partial charge in [0.15, 0.2) is 11.5 Å². The fourth-order valence-electron chi connectivity index (χ4n) is 3.90. The first kappa shape index (κ1) is 27.4. The number of ketones is 1. The first-order valence-corrected chi connectivity index (χ1v) is 11.0. The van der Waals surface area contributed by atoms with E-state index in [4.69, 9.17) is 28.2 Å². The Morgan fingerprint density at radius 3 is 2.42 bits per heavy atom. The Bertz CT molecular complexity index is 1130. The average Bonchev–Trinajstić information content (AvgIpc) is 2.76. The lowest BCUT2D eigenvalue weighted by atomic mass is 9.97. The van der Waals surface area contributed by atoms with E-state index < -0.39 is 0 Å². The van der Waals surface area contributed by atoms with Gasteiger partial charge in [-0.15, -0.1) is 24.8 Å². The highest BCUT2D eigenvalue weighted by molar-refractivity contribution is 6.37. The van der Waals surface area contributed by atoms with Crippen LogP contribution in [0.2, 0.25) is 10.0 Å². The zero-order valence-corrected chi connectivity index (χ0v) is 21.4. The predicted octanol–water partition coefficient (Wildman–Crippen LogP) is 6.11. The average molecular weight is 532 g/mol. The topological polar surface area (TPSA) is 78.3 Å². The summed E-state index contributed by atoms with van der Waals surface area (Å²) in [6.45, 7) is 4.46. The fraction of sp³-hybridized carbons (Fsp3) is 0.348. The summed E-state index contributed by atoms with van der Waals surface area (Å²) in [6, 6.07) is 6.91. The van der Waals surface area contributed by atoms with Crippen LogP contribution in [0.25, 0.3) is 22.3 Å². The highest BCUT2D eigenvalue weighted by atomic mass is 35.5. The molecule has 0 spiro atoms. The maximum Gasteiger partial charge on any atom is 0.163 e. The monoisotopic (exact) mass is 530 g/mol. The number of phenolic OH excluding ortho intramolecular Hbond substituents is 1. The van der Waals surface area contributed by atoms with Gasteiger partial charge >= 0.3 is 0 Å². The molecule has 1 aromatic carbocycles. The number of carbonyl (C=O) groups excluding carboxylic acids is 1. The first-order valence-electron chi connectivity index (χ1n) is 10.2. The molecule has 4 rings (SSSR count). The SMILES string of the molecule is CC(=O)c1cnc2ccc(-c3cc(Cl)c(O)c(Cl)c3)nc2c1NCC1CCN(C)CC1.Cl.Cl. The molecule has 1 aliphatic heterocycles. The lowest BCUT2D eigenvalue weighted by Gasteiger charge is -2.29. The minimum Gasteiger partial charge on any atom is -0.505 e. The third-order valence-corrected chi connectivity index (χ3v) is 6.39. The number of halogens is 4. The number of Topliss-reactive ketones (excluding diaryl/α,β-unsaturated/α-hetero) is 1. The molecular weight excluding hydrogens is 506 g/mol. The molecule has 10 heteroatoms. The number of piperidine rings is 1. The molecule has 0 aliphatic carbocycles. The summed E-state index contributed by atoms with van der Waals surface area (Å²) >= 11 is 12.2. The zero-order chi connectivity index (χ0) is 22.1. The number of aromatic nitrogens is 2. The molecule has 2 N–H and O–H groups in total. The van der Waals surface area contributed by atoms with E-state index in [9.17, 15) is 9.90 Å².